The van der Waals surface area contributed by atoms with Gasteiger partial charge in [0.25, 0.3) is 0 Å². The molecule has 1 amide bonds. The largest absolute Gasteiger partial charge is 0.342 e. The molecule has 1 atom stereocenters. The summed E-state index contributed by atoms with van der Waals surface area (Å²) in [7, 11) is 1.97. The number of aromatic nitrogens is 2. The second-order valence-corrected chi connectivity index (χ2v) is 9.33. The molecule has 6 rings (SSSR count). The van der Waals surface area contributed by atoms with Crippen LogP contribution < -0.4 is 0 Å². The van der Waals surface area contributed by atoms with Crippen LogP contribution in [-0.4, -0.2) is 33.7 Å². The minimum absolute atomic E-state index is 0.0396. The molecule has 4 heteroatoms. The zero-order chi connectivity index (χ0) is 16.3. The second kappa shape index (κ2) is 5.34. The highest BCUT2D eigenvalue weighted by atomic mass is 16.2. The molecule has 130 valence electrons. The van der Waals surface area contributed by atoms with Crippen LogP contribution in [0.4, 0.5) is 0 Å². The van der Waals surface area contributed by atoms with Gasteiger partial charge in [-0.2, -0.15) is 5.10 Å². The minimum Gasteiger partial charge on any atom is -0.342 e. The van der Waals surface area contributed by atoms with E-state index in [1.807, 2.05) is 17.9 Å². The Kier molecular flexibility index (Phi) is 3.33. The van der Waals surface area contributed by atoms with Gasteiger partial charge < -0.3 is 4.90 Å². The summed E-state index contributed by atoms with van der Waals surface area (Å²) in [6.07, 6.45) is 14.1. The number of aryl methyl sites for hydroxylation is 1. The van der Waals surface area contributed by atoms with Crippen molar-refractivity contribution in [1.82, 2.24) is 14.7 Å². The monoisotopic (exact) mass is 327 g/mol. The van der Waals surface area contributed by atoms with E-state index in [9.17, 15) is 4.79 Å². The Morgan fingerprint density at radius 1 is 1.21 bits per heavy atom. The van der Waals surface area contributed by atoms with Crippen LogP contribution in [-0.2, 0) is 18.3 Å². The minimum atomic E-state index is 0.0396. The highest BCUT2D eigenvalue weighted by molar-refractivity contribution is 5.83. The molecule has 4 saturated carbocycles. The SMILES string of the molecule is Cn1cc(C[C@H]2CCN(C(=O)C34CC5CC(CC(C5)C3)C4)C2)cn1. The summed E-state index contributed by atoms with van der Waals surface area (Å²) in [6, 6.07) is 0. The van der Waals surface area contributed by atoms with E-state index in [1.54, 1.807) is 0 Å². The zero-order valence-electron chi connectivity index (χ0n) is 14.8. The summed E-state index contributed by atoms with van der Waals surface area (Å²) in [5.74, 6) is 3.71. The van der Waals surface area contributed by atoms with Crippen LogP contribution in [0, 0.1) is 29.1 Å². The summed E-state index contributed by atoms with van der Waals surface area (Å²) in [6.45, 7) is 1.95. The molecule has 4 bridgehead atoms. The molecule has 4 nitrogen and oxygen atoms in total. The molecule has 0 spiro atoms. The number of carbonyl (C=O) groups is 1. The number of hydrogen-bond acceptors (Lipinski definition) is 2. The molecule has 1 saturated heterocycles. The summed E-state index contributed by atoms with van der Waals surface area (Å²) in [5.41, 5.74) is 1.35. The van der Waals surface area contributed by atoms with Crippen molar-refractivity contribution in [1.29, 1.82) is 0 Å². The van der Waals surface area contributed by atoms with Crippen molar-refractivity contribution in [2.24, 2.45) is 36.1 Å². The zero-order valence-corrected chi connectivity index (χ0v) is 14.8. The smallest absolute Gasteiger partial charge is 0.228 e. The fraction of sp³-hybridized carbons (Fsp3) is 0.800. The van der Waals surface area contributed by atoms with Gasteiger partial charge in [-0.3, -0.25) is 9.48 Å². The quantitative estimate of drug-likeness (QED) is 0.856. The molecule has 0 N–H and O–H groups in total. The number of carbonyl (C=O) groups excluding carboxylic acids is 1. The lowest BCUT2D eigenvalue weighted by Gasteiger charge is -2.56. The van der Waals surface area contributed by atoms with Crippen LogP contribution >= 0.6 is 0 Å². The third-order valence-electron chi connectivity index (χ3n) is 7.35. The summed E-state index contributed by atoms with van der Waals surface area (Å²) in [4.78, 5) is 15.6. The summed E-state index contributed by atoms with van der Waals surface area (Å²) < 4.78 is 1.88. The van der Waals surface area contributed by atoms with Crippen LogP contribution in [0.2, 0.25) is 0 Å². The molecule has 4 aliphatic carbocycles. The molecular formula is C20H29N3O. The standard InChI is InChI=1S/C20H29N3O/c1-22-12-18(11-21-22)4-14-2-3-23(13-14)19(24)20-8-15-5-16(9-20)7-17(6-15)10-20/h11-12,14-17H,2-10,13H2,1H3/t14-,15?,16?,17?,20?/m1/s1. The van der Waals surface area contributed by atoms with Gasteiger partial charge in [-0.05, 0) is 80.6 Å². The normalized spacial score (nSPS) is 40.5. The van der Waals surface area contributed by atoms with Gasteiger partial charge in [-0.25, -0.2) is 0 Å². The molecule has 1 aliphatic heterocycles. The maximum Gasteiger partial charge on any atom is 0.228 e. The molecule has 24 heavy (non-hydrogen) atoms. The van der Waals surface area contributed by atoms with Gasteiger partial charge in [0.1, 0.15) is 0 Å². The average Bonchev–Trinajstić information content (AvgIpc) is 3.15. The van der Waals surface area contributed by atoms with Gasteiger partial charge in [0.15, 0.2) is 0 Å². The van der Waals surface area contributed by atoms with E-state index < -0.39 is 0 Å². The number of amides is 1. The van der Waals surface area contributed by atoms with Gasteiger partial charge in [0, 0.05) is 26.3 Å². The Balaban J connectivity index is 1.27. The van der Waals surface area contributed by atoms with E-state index in [2.05, 4.69) is 16.2 Å². The topological polar surface area (TPSA) is 38.1 Å². The maximum atomic E-state index is 13.4. The van der Waals surface area contributed by atoms with Gasteiger partial charge in [-0.15, -0.1) is 0 Å². The number of nitrogens with zero attached hydrogens (tertiary/aromatic N) is 3. The first-order valence-electron chi connectivity index (χ1n) is 9.86. The van der Waals surface area contributed by atoms with E-state index in [1.165, 1.54) is 44.1 Å². The Hall–Kier alpha value is -1.32. The lowest BCUT2D eigenvalue weighted by Crippen LogP contribution is -2.54. The van der Waals surface area contributed by atoms with E-state index in [0.717, 1.165) is 43.7 Å². The Morgan fingerprint density at radius 3 is 2.46 bits per heavy atom. The van der Waals surface area contributed by atoms with E-state index in [0.29, 0.717) is 11.8 Å². The van der Waals surface area contributed by atoms with Crippen molar-refractivity contribution in [3.05, 3.63) is 18.0 Å². The molecule has 2 heterocycles. The lowest BCUT2D eigenvalue weighted by atomic mass is 9.49. The molecule has 5 aliphatic rings. The van der Waals surface area contributed by atoms with Crippen molar-refractivity contribution < 1.29 is 4.79 Å². The van der Waals surface area contributed by atoms with E-state index in [4.69, 9.17) is 0 Å². The van der Waals surface area contributed by atoms with E-state index in [-0.39, 0.29) is 5.41 Å². The van der Waals surface area contributed by atoms with Crippen LogP contribution in [0.5, 0.6) is 0 Å². The molecular weight excluding hydrogens is 298 g/mol. The van der Waals surface area contributed by atoms with Crippen molar-refractivity contribution in [3.8, 4) is 0 Å². The molecule has 0 radical (unpaired) electrons. The van der Waals surface area contributed by atoms with Gasteiger partial charge >= 0.3 is 0 Å². The third-order valence-corrected chi connectivity index (χ3v) is 7.35. The highest BCUT2D eigenvalue weighted by Crippen LogP contribution is 2.60. The molecule has 5 fully saturated rings. The Labute approximate surface area is 144 Å². The van der Waals surface area contributed by atoms with Gasteiger partial charge in [-0.1, -0.05) is 0 Å². The number of rotatable bonds is 3. The first-order chi connectivity index (χ1) is 11.6. The lowest BCUT2D eigenvalue weighted by molar-refractivity contribution is -0.156. The van der Waals surface area contributed by atoms with Crippen LogP contribution in [0.3, 0.4) is 0 Å². The highest BCUT2D eigenvalue weighted by Gasteiger charge is 2.55. The van der Waals surface area contributed by atoms with Crippen molar-refractivity contribution >= 4 is 5.91 Å². The van der Waals surface area contributed by atoms with Crippen molar-refractivity contribution in [3.63, 3.8) is 0 Å². The van der Waals surface area contributed by atoms with Crippen LogP contribution in [0.15, 0.2) is 12.4 Å². The number of likely N-dealkylation sites (tertiary alicyclic amines) is 1. The van der Waals surface area contributed by atoms with Crippen molar-refractivity contribution in [2.45, 2.75) is 51.4 Å². The fourth-order valence-electron chi connectivity index (χ4n) is 6.80. The summed E-state index contributed by atoms with van der Waals surface area (Å²) >= 11 is 0. The molecule has 1 aromatic heterocycles. The average molecular weight is 327 g/mol. The summed E-state index contributed by atoms with van der Waals surface area (Å²) in [5, 5.41) is 4.28. The molecule has 0 aromatic carbocycles. The predicted molar refractivity (Wildman–Crippen MR) is 92.2 cm³/mol. The van der Waals surface area contributed by atoms with Gasteiger partial charge in [0.2, 0.25) is 5.91 Å². The fourth-order valence-corrected chi connectivity index (χ4v) is 6.80. The Bertz CT molecular complexity index is 614. The first kappa shape index (κ1) is 15.0. The second-order valence-electron chi connectivity index (χ2n) is 9.33. The van der Waals surface area contributed by atoms with E-state index >= 15 is 0 Å². The number of hydrogen-bond donors (Lipinski definition) is 0. The van der Waals surface area contributed by atoms with Crippen LogP contribution in [0.25, 0.3) is 0 Å². The molecule has 0 unspecified atom stereocenters. The van der Waals surface area contributed by atoms with Crippen molar-refractivity contribution in [2.75, 3.05) is 13.1 Å². The van der Waals surface area contributed by atoms with Gasteiger partial charge in [0.05, 0.1) is 11.6 Å². The maximum absolute atomic E-state index is 13.4. The van der Waals surface area contributed by atoms with Crippen LogP contribution in [0.1, 0.15) is 50.5 Å². The predicted octanol–water partition coefficient (Wildman–Crippen LogP) is 3.03. The third kappa shape index (κ3) is 2.41. The Morgan fingerprint density at radius 2 is 1.88 bits per heavy atom. The molecule has 1 aromatic rings. The first-order valence-corrected chi connectivity index (χ1v) is 9.86.